The van der Waals surface area contributed by atoms with Crippen LogP contribution in [0.25, 0.3) is 5.65 Å². The number of carbonyl (C=O) groups excluding carboxylic acids is 3. The van der Waals surface area contributed by atoms with Gasteiger partial charge in [-0.1, -0.05) is 45.0 Å². The number of nitrogens with one attached hydrogen (secondary N) is 1. The van der Waals surface area contributed by atoms with Gasteiger partial charge in [0.15, 0.2) is 17.2 Å². The third kappa shape index (κ3) is 8.02. The Bertz CT molecular complexity index is 1750. The minimum Gasteiger partial charge on any atom is -0.475 e. The Labute approximate surface area is 255 Å². The molecule has 2 N–H and O–H groups in total. The number of carboxylic acids is 1. The number of amides is 2. The molecule has 1 atom stereocenters. The molecule has 14 heteroatoms. The van der Waals surface area contributed by atoms with Crippen molar-refractivity contribution in [1.29, 1.82) is 0 Å². The number of hydrogen-bond acceptors (Lipinski definition) is 7. The lowest BCUT2D eigenvalue weighted by Gasteiger charge is -2.18. The second-order valence-corrected chi connectivity index (χ2v) is 11.3. The number of anilines is 1. The van der Waals surface area contributed by atoms with E-state index in [0.717, 1.165) is 5.56 Å². The summed E-state index contributed by atoms with van der Waals surface area (Å²) in [6.45, 7) is 6.94. The summed E-state index contributed by atoms with van der Waals surface area (Å²) in [6.07, 6.45) is -2.97. The van der Waals surface area contributed by atoms with Crippen molar-refractivity contribution in [2.24, 2.45) is 5.92 Å². The highest BCUT2D eigenvalue weighted by Crippen LogP contribution is 2.26. The topological polar surface area (TPSA) is 143 Å². The van der Waals surface area contributed by atoms with E-state index in [9.17, 15) is 27.6 Å². The zero-order valence-corrected chi connectivity index (χ0v) is 24.8. The van der Waals surface area contributed by atoms with E-state index in [1.807, 2.05) is 12.1 Å². The predicted molar refractivity (Wildman–Crippen MR) is 156 cm³/mol. The van der Waals surface area contributed by atoms with Crippen LogP contribution in [0, 0.1) is 5.92 Å². The molecule has 1 saturated heterocycles. The number of hydrogen-bond donors (Lipinski definition) is 2. The lowest BCUT2D eigenvalue weighted by molar-refractivity contribution is -0.192. The highest BCUT2D eigenvalue weighted by atomic mass is 19.4. The summed E-state index contributed by atoms with van der Waals surface area (Å²) in [4.78, 5) is 52.7. The molecule has 5 rings (SSSR count). The van der Waals surface area contributed by atoms with Gasteiger partial charge in [-0.15, -0.1) is 5.10 Å². The number of nitrogens with zero attached hydrogens (tertiary/aromatic N) is 4. The number of ether oxygens (including phenoxy) is 1. The van der Waals surface area contributed by atoms with Gasteiger partial charge in [0, 0.05) is 30.8 Å². The summed E-state index contributed by atoms with van der Waals surface area (Å²) in [6, 6.07) is 17.6. The van der Waals surface area contributed by atoms with Gasteiger partial charge < -0.3 is 20.1 Å². The van der Waals surface area contributed by atoms with Gasteiger partial charge in [-0.3, -0.25) is 14.4 Å². The summed E-state index contributed by atoms with van der Waals surface area (Å²) >= 11 is 0. The van der Waals surface area contributed by atoms with E-state index >= 15 is 0 Å². The summed E-state index contributed by atoms with van der Waals surface area (Å²) in [5.41, 5.74) is 2.63. The first-order chi connectivity index (χ1) is 21.0. The van der Waals surface area contributed by atoms with Crippen LogP contribution < -0.4 is 10.1 Å². The smallest absolute Gasteiger partial charge is 0.475 e. The molecule has 236 valence electrons. The fourth-order valence-electron chi connectivity index (χ4n) is 4.39. The minimum atomic E-state index is -5.08. The van der Waals surface area contributed by atoms with Gasteiger partial charge in [-0.05, 0) is 47.7 Å². The van der Waals surface area contributed by atoms with Crippen LogP contribution in [0.2, 0.25) is 0 Å². The predicted octanol–water partition coefficient (Wildman–Crippen LogP) is 5.37. The number of imidazole rings is 1. The average Bonchev–Trinajstić information content (AvgIpc) is 3.53. The number of carboxylic acid groups (broad SMARTS) is 1. The molecule has 0 spiro atoms. The maximum absolute atomic E-state index is 12.9. The minimum absolute atomic E-state index is 0.00489. The Balaban J connectivity index is 0.000000591. The number of ketones is 1. The van der Waals surface area contributed by atoms with E-state index in [2.05, 4.69) is 36.2 Å². The largest absolute Gasteiger partial charge is 0.490 e. The Kier molecular flexibility index (Phi) is 9.26. The van der Waals surface area contributed by atoms with Crippen molar-refractivity contribution >= 4 is 35.0 Å². The molecule has 0 radical (unpaired) electrons. The van der Waals surface area contributed by atoms with E-state index in [1.165, 1.54) is 4.52 Å². The van der Waals surface area contributed by atoms with Gasteiger partial charge in [0.05, 0.1) is 6.20 Å². The average molecular weight is 626 g/mol. The third-order valence-corrected chi connectivity index (χ3v) is 6.88. The van der Waals surface area contributed by atoms with Crippen molar-refractivity contribution in [2.45, 2.75) is 38.8 Å². The van der Waals surface area contributed by atoms with Gasteiger partial charge in [-0.25, -0.2) is 14.3 Å². The molecule has 2 amide bonds. The van der Waals surface area contributed by atoms with Gasteiger partial charge in [-0.2, -0.15) is 13.2 Å². The van der Waals surface area contributed by atoms with Crippen molar-refractivity contribution in [3.05, 3.63) is 83.6 Å². The normalized spacial score (nSPS) is 15.0. The van der Waals surface area contributed by atoms with E-state index in [1.54, 1.807) is 66.7 Å². The Morgan fingerprint density at radius 1 is 1.00 bits per heavy atom. The highest BCUT2D eigenvalue weighted by molar-refractivity contribution is 6.11. The first-order valence-electron chi connectivity index (χ1n) is 13.7. The molecule has 1 fully saturated rings. The number of aromatic nitrogens is 3. The molecule has 3 heterocycles. The number of aliphatic carboxylic acids is 1. The molecule has 11 nitrogen and oxygen atoms in total. The van der Waals surface area contributed by atoms with Crippen LogP contribution in [0.4, 0.5) is 19.0 Å². The van der Waals surface area contributed by atoms with Crippen LogP contribution in [0.5, 0.6) is 11.6 Å². The monoisotopic (exact) mass is 625 g/mol. The van der Waals surface area contributed by atoms with Gasteiger partial charge in [0.25, 0.3) is 5.91 Å². The number of benzene rings is 2. The summed E-state index contributed by atoms with van der Waals surface area (Å²) in [7, 11) is 1.70. The van der Waals surface area contributed by atoms with Crippen LogP contribution in [-0.2, 0) is 15.0 Å². The SMILES string of the molecule is CN1CCC(C(=O)c2cccc(Oc3ccc4nc(NC(=O)c5ccc(C(C)(C)C)cc5)cn4n3)c2)C1=O.O=C(O)C(F)(F)F. The second-order valence-electron chi connectivity index (χ2n) is 11.3. The molecule has 1 aliphatic rings. The molecule has 0 aliphatic carbocycles. The Morgan fingerprint density at radius 2 is 1.67 bits per heavy atom. The van der Waals surface area contributed by atoms with Crippen molar-refractivity contribution in [3.63, 3.8) is 0 Å². The third-order valence-electron chi connectivity index (χ3n) is 6.88. The first kappa shape index (κ1) is 32.6. The zero-order valence-electron chi connectivity index (χ0n) is 24.8. The molecule has 45 heavy (non-hydrogen) atoms. The Morgan fingerprint density at radius 3 is 2.24 bits per heavy atom. The standard InChI is InChI=1S/C29H29N5O4.C2HF3O2/c1-29(2,3)20-10-8-18(9-11-20)27(36)31-23-17-34-24(30-23)12-13-25(32-34)38-21-7-5-6-19(16-21)26(35)22-14-15-33(4)28(22)37;3-2(4,5)1(6)7/h5-13,16-17,22H,14-15H2,1-4H3,(H,31,36);(H,6,7). The number of fused-ring (bicyclic) bond motifs is 1. The van der Waals surface area contributed by atoms with Gasteiger partial charge >= 0.3 is 12.1 Å². The fraction of sp³-hybridized carbons (Fsp3) is 0.290. The second kappa shape index (κ2) is 12.8. The fourth-order valence-corrected chi connectivity index (χ4v) is 4.39. The highest BCUT2D eigenvalue weighted by Gasteiger charge is 2.38. The molecular weight excluding hydrogens is 595 g/mol. The van der Waals surface area contributed by atoms with Crippen molar-refractivity contribution < 1.29 is 42.2 Å². The molecule has 1 unspecified atom stereocenters. The lowest BCUT2D eigenvalue weighted by atomic mass is 9.87. The van der Waals surface area contributed by atoms with E-state index in [4.69, 9.17) is 14.6 Å². The van der Waals surface area contributed by atoms with Crippen LogP contribution in [0.1, 0.15) is 53.5 Å². The van der Waals surface area contributed by atoms with E-state index < -0.39 is 18.1 Å². The molecule has 4 aromatic rings. The number of Topliss-reactive ketones (excluding diaryl/α,β-unsaturated/α-hetero) is 1. The van der Waals surface area contributed by atoms with Crippen molar-refractivity contribution in [2.75, 3.05) is 18.9 Å². The van der Waals surface area contributed by atoms with Crippen LogP contribution in [0.15, 0.2) is 66.9 Å². The van der Waals surface area contributed by atoms with Crippen LogP contribution in [0.3, 0.4) is 0 Å². The van der Waals surface area contributed by atoms with E-state index in [0.29, 0.717) is 41.3 Å². The summed E-state index contributed by atoms with van der Waals surface area (Å²) in [5.74, 6) is -2.97. The number of likely N-dealkylation sites (tertiary alicyclic amines) is 1. The first-order valence-corrected chi connectivity index (χ1v) is 13.7. The maximum atomic E-state index is 12.9. The van der Waals surface area contributed by atoms with Crippen molar-refractivity contribution in [3.8, 4) is 11.6 Å². The number of rotatable bonds is 6. The lowest BCUT2D eigenvalue weighted by Crippen LogP contribution is -2.27. The maximum Gasteiger partial charge on any atom is 0.490 e. The molecule has 2 aromatic carbocycles. The number of alkyl halides is 3. The molecule has 2 aromatic heterocycles. The Hall–Kier alpha value is -5.27. The molecule has 1 aliphatic heterocycles. The van der Waals surface area contributed by atoms with Crippen LogP contribution >= 0.6 is 0 Å². The summed E-state index contributed by atoms with van der Waals surface area (Å²) in [5, 5.41) is 14.4. The quantitative estimate of drug-likeness (QED) is 0.215. The van der Waals surface area contributed by atoms with Gasteiger partial charge in [0.2, 0.25) is 11.8 Å². The molecular formula is C31H30F3N5O6. The number of halogens is 3. The zero-order chi connectivity index (χ0) is 33.1. The van der Waals surface area contributed by atoms with Crippen molar-refractivity contribution in [1.82, 2.24) is 19.5 Å². The van der Waals surface area contributed by atoms with E-state index in [-0.39, 0.29) is 28.9 Å². The molecule has 0 bridgehead atoms. The van der Waals surface area contributed by atoms with Gasteiger partial charge in [0.1, 0.15) is 11.7 Å². The van der Waals surface area contributed by atoms with Crippen LogP contribution in [-0.4, -0.2) is 67.9 Å². The number of carbonyl (C=O) groups is 4. The summed E-state index contributed by atoms with van der Waals surface area (Å²) < 4.78 is 39.1. The molecule has 0 saturated carbocycles.